The maximum Gasteiger partial charge on any atom is 2.00 e. The van der Waals surface area contributed by atoms with Crippen LogP contribution in [0.2, 0.25) is 0 Å². The predicted molar refractivity (Wildman–Crippen MR) is 18.4 cm³/mol. The molecule has 0 atom stereocenters. The molecule has 0 aliphatic carbocycles. The van der Waals surface area contributed by atoms with Crippen molar-refractivity contribution in [2.45, 2.75) is 6.92 Å². The Morgan fingerprint density at radius 1 is 1.57 bits per heavy atom. The summed E-state index contributed by atoms with van der Waals surface area (Å²) in [6.07, 6.45) is 0. The first kappa shape index (κ1) is 22.8. The number of carbonyl (C=O) groups excluding carboxylic acids is 1. The zero-order valence-corrected chi connectivity index (χ0v) is 9.80. The summed E-state index contributed by atoms with van der Waals surface area (Å²) in [4.78, 5) is 8.89. The maximum atomic E-state index is 8.89. The Balaban J connectivity index is -0.0000000150. The van der Waals surface area contributed by atoms with E-state index >= 15 is 0 Å². The molecule has 0 radical (unpaired) electrons. The molecule has 0 unspecified atom stereocenters. The van der Waals surface area contributed by atoms with Crippen molar-refractivity contribution >= 4 is 43.7 Å². The molecule has 0 aliphatic heterocycles. The fraction of sp³-hybridized carbons (Fsp3) is 0.500. The van der Waals surface area contributed by atoms with Crippen molar-refractivity contribution in [2.75, 3.05) is 0 Å². The van der Waals surface area contributed by atoms with E-state index in [-0.39, 0.29) is 94.6 Å². The molecule has 0 rings (SSSR count). The van der Waals surface area contributed by atoms with Crippen molar-refractivity contribution in [3.05, 3.63) is 0 Å². The molecule has 0 fully saturated rings. The molecule has 0 saturated heterocycles. The molecule has 3 nitrogen and oxygen atoms in total. The smallest absolute Gasteiger partial charge is 0.870 e. The Kier molecular flexibility index (Phi) is 51.3. The molecule has 1 N–H and O–H groups in total. The van der Waals surface area contributed by atoms with E-state index in [0.29, 0.717) is 0 Å². The van der Waals surface area contributed by atoms with Gasteiger partial charge in [-0.05, 0) is 6.92 Å². The van der Waals surface area contributed by atoms with Gasteiger partial charge in [0, 0.05) is 5.97 Å². The third-order valence-electron chi connectivity index (χ3n) is 0. The Labute approximate surface area is 115 Å². The maximum absolute atomic E-state index is 8.89. The van der Waals surface area contributed by atoms with E-state index in [2.05, 4.69) is 0 Å². The molecule has 0 spiro atoms. The first-order chi connectivity index (χ1) is 1.73. The molecule has 32 valence electrons. The van der Waals surface area contributed by atoms with E-state index in [4.69, 9.17) is 9.90 Å². The van der Waals surface area contributed by atoms with Gasteiger partial charge in [0.15, 0.2) is 0 Å². The van der Waals surface area contributed by atoms with Crippen molar-refractivity contribution in [2.24, 2.45) is 0 Å². The summed E-state index contributed by atoms with van der Waals surface area (Å²) in [6.45, 7) is 0.972. The minimum Gasteiger partial charge on any atom is -0.870 e. The molecule has 0 heterocycles. The Morgan fingerprint density at radius 2 is 1.57 bits per heavy atom. The van der Waals surface area contributed by atoms with Crippen molar-refractivity contribution in [1.82, 2.24) is 0 Å². The number of carbonyl (C=O) groups is 1. The fourth-order valence-corrected chi connectivity index (χ4v) is 0. The second kappa shape index (κ2) is 15.8. The monoisotopic (exact) mass is 155 g/mol. The molecular weight excluding hydrogens is 151 g/mol. The van der Waals surface area contributed by atoms with Gasteiger partial charge >= 0.3 is 89.1 Å². The van der Waals surface area contributed by atoms with Crippen LogP contribution in [0.15, 0.2) is 0 Å². The molecular formula is C2H4CaKO3+. The van der Waals surface area contributed by atoms with Crippen LogP contribution in [0.3, 0.4) is 0 Å². The van der Waals surface area contributed by atoms with E-state index < -0.39 is 5.97 Å². The topological polar surface area (TPSA) is 70.1 Å². The Bertz CT molecular complexity index is 35.9. The van der Waals surface area contributed by atoms with Gasteiger partial charge in [-0.15, -0.1) is 0 Å². The summed E-state index contributed by atoms with van der Waals surface area (Å²) in [7, 11) is 0. The molecule has 0 aromatic carbocycles. The number of rotatable bonds is 0. The summed E-state index contributed by atoms with van der Waals surface area (Å²) in [5, 5.41) is 8.89. The molecule has 0 amide bonds. The van der Waals surface area contributed by atoms with Gasteiger partial charge < -0.3 is 15.4 Å². The second-order valence-corrected chi connectivity index (χ2v) is 0.492. The zero-order valence-electron chi connectivity index (χ0n) is 4.47. The molecule has 0 aromatic heterocycles. The van der Waals surface area contributed by atoms with Crippen molar-refractivity contribution < 1.29 is 66.8 Å². The Hall–Kier alpha value is 2.33. The first-order valence-electron chi connectivity index (χ1n) is 0.908. The summed E-state index contributed by atoms with van der Waals surface area (Å²) in [5.74, 6) is -1.08. The summed E-state index contributed by atoms with van der Waals surface area (Å²) >= 11 is 0. The van der Waals surface area contributed by atoms with E-state index in [1.807, 2.05) is 0 Å². The number of aliphatic carboxylic acids is 1. The number of hydrogen-bond acceptors (Lipinski definition) is 3. The summed E-state index contributed by atoms with van der Waals surface area (Å²) < 4.78 is 0. The molecule has 0 aromatic rings. The van der Waals surface area contributed by atoms with Crippen LogP contribution in [-0.2, 0) is 4.79 Å². The van der Waals surface area contributed by atoms with Crippen LogP contribution in [-0.4, -0.2) is 49.2 Å². The van der Waals surface area contributed by atoms with Crippen LogP contribution in [0, 0.1) is 0 Å². The molecule has 7 heavy (non-hydrogen) atoms. The minimum absolute atomic E-state index is 0. The zero-order chi connectivity index (χ0) is 3.58. The van der Waals surface area contributed by atoms with Crippen LogP contribution < -0.4 is 56.5 Å². The quantitative estimate of drug-likeness (QED) is 0.330. The van der Waals surface area contributed by atoms with Gasteiger partial charge in [0.05, 0.1) is 0 Å². The van der Waals surface area contributed by atoms with Gasteiger partial charge in [-0.25, -0.2) is 0 Å². The second-order valence-electron chi connectivity index (χ2n) is 0.492. The van der Waals surface area contributed by atoms with Crippen LogP contribution in [0.25, 0.3) is 0 Å². The third-order valence-corrected chi connectivity index (χ3v) is 0. The van der Waals surface area contributed by atoms with Gasteiger partial charge in [0.25, 0.3) is 0 Å². The SMILES string of the molecule is CC(=O)[O-].[Ca+2].[K+].[OH-]. The van der Waals surface area contributed by atoms with Crippen LogP contribution in [0.4, 0.5) is 0 Å². The van der Waals surface area contributed by atoms with Gasteiger partial charge in [-0.3, -0.25) is 0 Å². The summed E-state index contributed by atoms with van der Waals surface area (Å²) in [5.41, 5.74) is 0. The molecule has 5 heteroatoms. The Morgan fingerprint density at radius 3 is 1.57 bits per heavy atom. The number of hydrogen-bond donors (Lipinski definition) is 0. The van der Waals surface area contributed by atoms with Gasteiger partial charge in [-0.2, -0.15) is 0 Å². The standard InChI is InChI=1S/C2H4O2.Ca.K.H2O/c1-2(3)4;;;/h1H3,(H,3,4);;;1H2/q;+2;+1;/p-2. The number of carboxylic acids is 1. The summed E-state index contributed by atoms with van der Waals surface area (Å²) in [6, 6.07) is 0. The van der Waals surface area contributed by atoms with Crippen molar-refractivity contribution in [1.29, 1.82) is 0 Å². The van der Waals surface area contributed by atoms with Crippen LogP contribution in [0.1, 0.15) is 6.92 Å². The molecule has 0 bridgehead atoms. The van der Waals surface area contributed by atoms with E-state index in [1.54, 1.807) is 0 Å². The number of carboxylic acid groups (broad SMARTS) is 1. The predicted octanol–water partition coefficient (Wildman–Crippen LogP) is -4.80. The average Bonchev–Trinajstić information content (AvgIpc) is 0.811. The molecule has 0 saturated carbocycles. The van der Waals surface area contributed by atoms with Gasteiger partial charge in [-0.1, -0.05) is 0 Å². The van der Waals surface area contributed by atoms with Crippen LogP contribution in [0.5, 0.6) is 0 Å². The van der Waals surface area contributed by atoms with E-state index in [1.165, 1.54) is 0 Å². The van der Waals surface area contributed by atoms with Crippen LogP contribution >= 0.6 is 0 Å². The minimum atomic E-state index is -1.08. The normalized spacial score (nSPS) is 3.57. The fourth-order valence-electron chi connectivity index (χ4n) is 0. The van der Waals surface area contributed by atoms with Crippen molar-refractivity contribution in [3.63, 3.8) is 0 Å². The third kappa shape index (κ3) is 61.6. The average molecular weight is 155 g/mol. The first-order valence-corrected chi connectivity index (χ1v) is 0.908. The largest absolute Gasteiger partial charge is 2.00 e. The van der Waals surface area contributed by atoms with Crippen molar-refractivity contribution in [3.8, 4) is 0 Å². The van der Waals surface area contributed by atoms with Gasteiger partial charge in [0.1, 0.15) is 0 Å². The van der Waals surface area contributed by atoms with E-state index in [0.717, 1.165) is 6.92 Å². The van der Waals surface area contributed by atoms with E-state index in [9.17, 15) is 0 Å². The molecule has 0 aliphatic rings. The van der Waals surface area contributed by atoms with Gasteiger partial charge in [0.2, 0.25) is 0 Å².